The van der Waals surface area contributed by atoms with Gasteiger partial charge >= 0.3 is 0 Å². The Balaban J connectivity index is 2.88. The predicted octanol–water partition coefficient (Wildman–Crippen LogP) is 4.26. The second kappa shape index (κ2) is 3.04. The molecule has 0 aliphatic heterocycles. The minimum absolute atomic E-state index is 0.481. The molecule has 1 nitrogen and oxygen atoms in total. The van der Waals surface area contributed by atoms with E-state index in [1.165, 1.54) is 11.3 Å². The Morgan fingerprint density at radius 2 is 1.92 bits per heavy atom. The molecule has 0 radical (unpaired) electrons. The third kappa shape index (κ3) is 1.40. The van der Waals surface area contributed by atoms with Crippen LogP contribution >= 0.6 is 46.1 Å². The number of rotatable bonds is 0. The van der Waals surface area contributed by atoms with E-state index in [1.54, 1.807) is 12.1 Å². The molecule has 0 bridgehead atoms. The highest BCUT2D eigenvalue weighted by Gasteiger charge is 2.06. The van der Waals surface area contributed by atoms with Crippen LogP contribution in [0.5, 0.6) is 0 Å². The first kappa shape index (κ1) is 8.57. The molecule has 0 aliphatic carbocycles. The van der Waals surface area contributed by atoms with Gasteiger partial charge in [0.05, 0.1) is 9.72 Å². The van der Waals surface area contributed by atoms with Gasteiger partial charge < -0.3 is 0 Å². The lowest BCUT2D eigenvalue weighted by atomic mass is 10.3. The van der Waals surface area contributed by atoms with Gasteiger partial charge in [-0.3, -0.25) is 0 Å². The standard InChI is InChI=1S/C7H2Cl3NS/c8-3-1-4(9)6-5(2-3)12-7(10)11-6/h1-2H. The summed E-state index contributed by atoms with van der Waals surface area (Å²) in [6.07, 6.45) is 0. The van der Waals surface area contributed by atoms with Gasteiger partial charge in [-0.1, -0.05) is 34.8 Å². The fourth-order valence-electron chi connectivity index (χ4n) is 0.930. The molecule has 0 N–H and O–H groups in total. The second-order valence-electron chi connectivity index (χ2n) is 2.20. The van der Waals surface area contributed by atoms with Crippen molar-refractivity contribution in [2.45, 2.75) is 0 Å². The van der Waals surface area contributed by atoms with Crippen LogP contribution in [-0.4, -0.2) is 4.98 Å². The molecule has 1 heterocycles. The van der Waals surface area contributed by atoms with Crippen LogP contribution in [0.1, 0.15) is 0 Å². The van der Waals surface area contributed by atoms with Crippen molar-refractivity contribution in [2.75, 3.05) is 0 Å². The molecule has 2 aromatic rings. The summed E-state index contributed by atoms with van der Waals surface area (Å²) < 4.78 is 1.40. The Labute approximate surface area is 87.9 Å². The molecular weight excluding hydrogens is 237 g/mol. The molecule has 0 saturated carbocycles. The maximum Gasteiger partial charge on any atom is 0.184 e. The van der Waals surface area contributed by atoms with E-state index in [1.807, 2.05) is 0 Å². The molecule has 0 amide bonds. The molecular formula is C7H2Cl3NS. The van der Waals surface area contributed by atoms with Gasteiger partial charge in [-0.15, -0.1) is 11.3 Å². The van der Waals surface area contributed by atoms with Crippen LogP contribution in [0.2, 0.25) is 14.5 Å². The lowest BCUT2D eigenvalue weighted by Crippen LogP contribution is -1.70. The fraction of sp³-hybridized carbons (Fsp3) is 0. The highest BCUT2D eigenvalue weighted by molar-refractivity contribution is 7.22. The minimum atomic E-state index is 0.481. The summed E-state index contributed by atoms with van der Waals surface area (Å²) >= 11 is 18.7. The Morgan fingerprint density at radius 3 is 2.67 bits per heavy atom. The first-order valence-electron chi connectivity index (χ1n) is 3.08. The van der Waals surface area contributed by atoms with Crippen molar-refractivity contribution in [3.8, 4) is 0 Å². The summed E-state index contributed by atoms with van der Waals surface area (Å²) in [7, 11) is 0. The Kier molecular flexibility index (Phi) is 2.17. The average molecular weight is 239 g/mol. The normalized spacial score (nSPS) is 10.9. The van der Waals surface area contributed by atoms with Gasteiger partial charge in [0.25, 0.3) is 0 Å². The largest absolute Gasteiger partial charge is 0.223 e. The van der Waals surface area contributed by atoms with Crippen LogP contribution in [0.25, 0.3) is 10.2 Å². The molecule has 0 fully saturated rings. The number of aromatic nitrogens is 1. The Bertz CT molecular complexity index is 437. The van der Waals surface area contributed by atoms with Crippen LogP contribution in [0.15, 0.2) is 12.1 Å². The highest BCUT2D eigenvalue weighted by Crippen LogP contribution is 2.33. The van der Waals surface area contributed by atoms with Crippen molar-refractivity contribution in [3.05, 3.63) is 26.6 Å². The van der Waals surface area contributed by atoms with E-state index < -0.39 is 0 Å². The monoisotopic (exact) mass is 237 g/mol. The maximum absolute atomic E-state index is 5.88. The third-order valence-corrected chi connectivity index (χ3v) is 3.00. The minimum Gasteiger partial charge on any atom is -0.223 e. The van der Waals surface area contributed by atoms with E-state index >= 15 is 0 Å². The van der Waals surface area contributed by atoms with Gasteiger partial charge in [0.2, 0.25) is 0 Å². The van der Waals surface area contributed by atoms with Gasteiger partial charge in [-0.2, -0.15) is 0 Å². The highest BCUT2D eigenvalue weighted by atomic mass is 35.5. The Morgan fingerprint density at radius 1 is 1.17 bits per heavy atom. The molecule has 0 saturated heterocycles. The first-order chi connectivity index (χ1) is 5.66. The first-order valence-corrected chi connectivity index (χ1v) is 5.03. The molecule has 1 aromatic carbocycles. The number of benzene rings is 1. The number of fused-ring (bicyclic) bond motifs is 1. The number of halogens is 3. The quantitative estimate of drug-likeness (QED) is 0.668. The summed E-state index contributed by atoms with van der Waals surface area (Å²) in [6, 6.07) is 3.45. The van der Waals surface area contributed by atoms with Crippen LogP contribution < -0.4 is 0 Å². The molecule has 1 aromatic heterocycles. The zero-order chi connectivity index (χ0) is 8.72. The van der Waals surface area contributed by atoms with Crippen LogP contribution in [0.3, 0.4) is 0 Å². The predicted molar refractivity (Wildman–Crippen MR) is 54.7 cm³/mol. The fourth-order valence-corrected chi connectivity index (χ4v) is 2.68. The molecule has 0 atom stereocenters. The smallest absolute Gasteiger partial charge is 0.184 e. The van der Waals surface area contributed by atoms with Crippen LogP contribution in [0, 0.1) is 0 Å². The van der Waals surface area contributed by atoms with Gasteiger partial charge in [-0.05, 0) is 12.1 Å². The lowest BCUT2D eigenvalue weighted by molar-refractivity contribution is 1.50. The third-order valence-electron chi connectivity index (χ3n) is 1.39. The topological polar surface area (TPSA) is 12.9 Å². The van der Waals surface area contributed by atoms with Gasteiger partial charge in [-0.25, -0.2) is 4.98 Å². The molecule has 0 spiro atoms. The number of hydrogen-bond donors (Lipinski definition) is 0. The van der Waals surface area contributed by atoms with E-state index in [2.05, 4.69) is 4.98 Å². The van der Waals surface area contributed by atoms with E-state index in [9.17, 15) is 0 Å². The van der Waals surface area contributed by atoms with E-state index in [0.29, 0.717) is 14.5 Å². The van der Waals surface area contributed by atoms with E-state index in [-0.39, 0.29) is 0 Å². The number of hydrogen-bond acceptors (Lipinski definition) is 2. The second-order valence-corrected chi connectivity index (χ2v) is 4.66. The maximum atomic E-state index is 5.88. The number of thiazole rings is 1. The van der Waals surface area contributed by atoms with Crippen molar-refractivity contribution < 1.29 is 0 Å². The van der Waals surface area contributed by atoms with E-state index in [4.69, 9.17) is 34.8 Å². The molecule has 2 rings (SSSR count). The van der Waals surface area contributed by atoms with Crippen molar-refractivity contribution >= 4 is 56.4 Å². The molecule has 0 unspecified atom stereocenters. The molecule has 0 aliphatic rings. The molecule has 12 heavy (non-hydrogen) atoms. The van der Waals surface area contributed by atoms with Crippen molar-refractivity contribution in [1.29, 1.82) is 0 Å². The average Bonchev–Trinajstić information content (AvgIpc) is 2.29. The van der Waals surface area contributed by atoms with Crippen molar-refractivity contribution in [3.63, 3.8) is 0 Å². The van der Waals surface area contributed by atoms with Crippen LogP contribution in [0.4, 0.5) is 0 Å². The van der Waals surface area contributed by atoms with Crippen molar-refractivity contribution in [1.82, 2.24) is 4.98 Å². The van der Waals surface area contributed by atoms with Gasteiger partial charge in [0.1, 0.15) is 5.52 Å². The summed E-state index contributed by atoms with van der Waals surface area (Å²) in [4.78, 5) is 4.05. The summed E-state index contributed by atoms with van der Waals surface area (Å²) in [6.45, 7) is 0. The molecule has 62 valence electrons. The van der Waals surface area contributed by atoms with E-state index in [0.717, 1.165) is 10.2 Å². The zero-order valence-corrected chi connectivity index (χ0v) is 8.73. The molecule has 5 heteroatoms. The summed E-state index contributed by atoms with van der Waals surface area (Å²) in [5, 5.41) is 1.15. The van der Waals surface area contributed by atoms with Crippen molar-refractivity contribution in [2.24, 2.45) is 0 Å². The summed E-state index contributed by atoms with van der Waals surface area (Å²) in [5.74, 6) is 0. The lowest BCUT2D eigenvalue weighted by Gasteiger charge is -1.92. The summed E-state index contributed by atoms with van der Waals surface area (Å²) in [5.41, 5.74) is 0.719. The zero-order valence-electron chi connectivity index (χ0n) is 5.64. The number of nitrogens with zero attached hydrogens (tertiary/aromatic N) is 1. The Hall–Kier alpha value is -0.0200. The van der Waals surface area contributed by atoms with Gasteiger partial charge in [0.15, 0.2) is 4.47 Å². The van der Waals surface area contributed by atoms with Crippen LogP contribution in [-0.2, 0) is 0 Å². The van der Waals surface area contributed by atoms with Gasteiger partial charge in [0, 0.05) is 5.02 Å². The SMILES string of the molecule is Clc1cc(Cl)c2nc(Cl)sc2c1.